The van der Waals surface area contributed by atoms with Gasteiger partial charge in [0, 0.05) is 10.8 Å². The maximum Gasteiger partial charge on any atom is 0.413 e. The Hall–Kier alpha value is -5.65. The van der Waals surface area contributed by atoms with E-state index in [-0.39, 0.29) is 23.8 Å². The molecule has 0 heterocycles. The smallest absolute Gasteiger partial charge is 0.413 e. The lowest BCUT2D eigenvalue weighted by molar-refractivity contribution is -0.145. The maximum absolute atomic E-state index is 11.4. The van der Waals surface area contributed by atoms with E-state index in [1.807, 2.05) is 86.7 Å². The Morgan fingerprint density at radius 1 is 0.708 bits per heavy atom. The van der Waals surface area contributed by atoms with Crippen LogP contribution < -0.4 is 0 Å². The molecule has 0 radical (unpaired) electrons. The van der Waals surface area contributed by atoms with Crippen LogP contribution in [0.3, 0.4) is 0 Å². The second kappa shape index (κ2) is 26.6. The van der Waals surface area contributed by atoms with Crippen LogP contribution in [0, 0.1) is 22.6 Å². The minimum absolute atomic E-state index is 0.0404. The molecule has 10 nitrogen and oxygen atoms in total. The fraction of sp³-hybridized carbons (Fsp3) is 0.316. The second-order valence-electron chi connectivity index (χ2n) is 9.83. The van der Waals surface area contributed by atoms with Crippen molar-refractivity contribution in [1.82, 2.24) is 0 Å². The standard InChI is InChI=1S/2C12H14O2.C8H8.C4H6N2O2.C2H4.N2/c2*1-2-14-12(13)11-8-10(11)9-6-4-3-5-7-9;1-2-8-6-4-3-5-7-8;1-2-8-4(7)3-6-5;2*1-2/h2*3-7,10-11H,2,8H2,1H3;2-7H,1H2;3H,2H2,1H3;1-2H2;/t2*10-,11?;;;;/m10..../s1. The number of hydrogen-bond donors (Lipinski definition) is 0. The molecule has 2 aliphatic rings. The van der Waals surface area contributed by atoms with Crippen molar-refractivity contribution in [1.29, 1.82) is 10.8 Å². The molecule has 4 atom stereocenters. The summed E-state index contributed by atoms with van der Waals surface area (Å²) in [6.07, 6.45) is 4.43. The molecular weight excluding hydrogens is 608 g/mol. The normalized spacial score (nSPS) is 16.9. The molecule has 254 valence electrons. The Labute approximate surface area is 284 Å². The molecular formula is C38H46N4O6. The predicted molar refractivity (Wildman–Crippen MR) is 185 cm³/mol. The zero-order chi connectivity index (χ0) is 36.2. The molecule has 0 bridgehead atoms. The number of ether oxygens (including phenoxy) is 3. The van der Waals surface area contributed by atoms with E-state index in [4.69, 9.17) is 25.8 Å². The lowest BCUT2D eigenvalue weighted by atomic mass is 10.1. The van der Waals surface area contributed by atoms with Crippen LogP contribution in [0.1, 0.15) is 62.1 Å². The van der Waals surface area contributed by atoms with Crippen LogP contribution >= 0.6 is 0 Å². The molecule has 2 aliphatic carbocycles. The highest BCUT2D eigenvalue weighted by Gasteiger charge is 2.45. The highest BCUT2D eigenvalue weighted by atomic mass is 16.5. The van der Waals surface area contributed by atoms with Crippen molar-refractivity contribution in [2.45, 2.75) is 45.4 Å². The van der Waals surface area contributed by atoms with Gasteiger partial charge in [0.05, 0.1) is 31.7 Å². The Morgan fingerprint density at radius 3 is 1.35 bits per heavy atom. The summed E-state index contributed by atoms with van der Waals surface area (Å²) in [5.41, 5.74) is 11.4. The number of nitrogens with zero attached hydrogens (tertiary/aromatic N) is 4. The van der Waals surface area contributed by atoms with Gasteiger partial charge in [-0.3, -0.25) is 9.59 Å². The van der Waals surface area contributed by atoms with Gasteiger partial charge in [-0.2, -0.15) is 4.79 Å². The first kappa shape index (κ1) is 42.3. The number of carbonyl (C=O) groups is 3. The molecule has 48 heavy (non-hydrogen) atoms. The van der Waals surface area contributed by atoms with Crippen molar-refractivity contribution in [2.24, 2.45) is 11.8 Å². The van der Waals surface area contributed by atoms with Crippen LogP contribution in [0.5, 0.6) is 0 Å². The van der Waals surface area contributed by atoms with Crippen LogP contribution in [0.4, 0.5) is 0 Å². The molecule has 10 heteroatoms. The summed E-state index contributed by atoms with van der Waals surface area (Å²) >= 11 is 0. The summed E-state index contributed by atoms with van der Waals surface area (Å²) in [6, 6.07) is 30.3. The van der Waals surface area contributed by atoms with Gasteiger partial charge in [-0.25, -0.2) is 4.79 Å². The van der Waals surface area contributed by atoms with E-state index in [1.54, 1.807) is 6.92 Å². The topological polar surface area (TPSA) is 163 Å². The third-order valence-electron chi connectivity index (χ3n) is 6.70. The van der Waals surface area contributed by atoms with E-state index in [0.717, 1.165) is 12.8 Å². The van der Waals surface area contributed by atoms with Gasteiger partial charge in [0.25, 0.3) is 0 Å². The molecule has 2 saturated carbocycles. The predicted octanol–water partition coefficient (Wildman–Crippen LogP) is 7.72. The fourth-order valence-electron chi connectivity index (χ4n) is 4.36. The average molecular weight is 655 g/mol. The first-order valence-corrected chi connectivity index (χ1v) is 15.5. The quantitative estimate of drug-likeness (QED) is 0.0430. The lowest BCUT2D eigenvalue weighted by Crippen LogP contribution is -2.07. The van der Waals surface area contributed by atoms with Crippen LogP contribution in [-0.2, 0) is 28.6 Å². The number of hydrogen-bond acceptors (Lipinski definition) is 8. The first-order valence-electron chi connectivity index (χ1n) is 15.5. The van der Waals surface area contributed by atoms with Crippen LogP contribution in [0.25, 0.3) is 11.6 Å². The van der Waals surface area contributed by atoms with Crippen LogP contribution in [0.15, 0.2) is 111 Å². The molecule has 0 saturated heterocycles. The van der Waals surface area contributed by atoms with E-state index < -0.39 is 5.97 Å². The van der Waals surface area contributed by atoms with Crippen molar-refractivity contribution in [3.8, 4) is 0 Å². The van der Waals surface area contributed by atoms with Gasteiger partial charge in [-0.1, -0.05) is 104 Å². The van der Waals surface area contributed by atoms with Crippen molar-refractivity contribution in [3.05, 3.63) is 133 Å². The molecule has 3 aromatic carbocycles. The third kappa shape index (κ3) is 17.2. The zero-order valence-corrected chi connectivity index (χ0v) is 28.0. The average Bonchev–Trinajstić information content (AvgIpc) is 4.08. The first-order chi connectivity index (χ1) is 23.4. The van der Waals surface area contributed by atoms with E-state index in [9.17, 15) is 14.4 Å². The molecule has 2 unspecified atom stereocenters. The number of esters is 3. The molecule has 3 aromatic rings. The highest BCUT2D eigenvalue weighted by molar-refractivity contribution is 6.20. The van der Waals surface area contributed by atoms with Crippen molar-refractivity contribution < 1.29 is 33.4 Å². The third-order valence-corrected chi connectivity index (χ3v) is 6.70. The minimum atomic E-state index is -0.630. The van der Waals surface area contributed by atoms with Gasteiger partial charge in [-0.05, 0) is 62.1 Å². The van der Waals surface area contributed by atoms with Gasteiger partial charge in [0.15, 0.2) is 0 Å². The van der Waals surface area contributed by atoms with Crippen molar-refractivity contribution in [3.63, 3.8) is 0 Å². The van der Waals surface area contributed by atoms with Gasteiger partial charge in [0.2, 0.25) is 0 Å². The summed E-state index contributed by atoms with van der Waals surface area (Å²) < 4.78 is 14.3. The van der Waals surface area contributed by atoms with E-state index >= 15 is 0 Å². The van der Waals surface area contributed by atoms with Crippen molar-refractivity contribution in [2.75, 3.05) is 19.8 Å². The Balaban J connectivity index is 0.000000611. The molecule has 0 spiro atoms. The Kier molecular flexibility index (Phi) is 23.4. The summed E-state index contributed by atoms with van der Waals surface area (Å²) in [5, 5.41) is 12.0. The van der Waals surface area contributed by atoms with Gasteiger partial charge >= 0.3 is 24.1 Å². The van der Waals surface area contributed by atoms with E-state index in [0.29, 0.717) is 37.9 Å². The maximum atomic E-state index is 11.4. The number of benzene rings is 3. The van der Waals surface area contributed by atoms with Crippen molar-refractivity contribution >= 4 is 30.2 Å². The Morgan fingerprint density at radius 2 is 1.06 bits per heavy atom. The number of rotatable bonds is 9. The van der Waals surface area contributed by atoms with Gasteiger partial charge in [0.1, 0.15) is 0 Å². The summed E-state index contributed by atoms with van der Waals surface area (Å²) in [6.45, 7) is 16.3. The molecule has 0 aromatic heterocycles. The zero-order valence-electron chi connectivity index (χ0n) is 28.0. The van der Waals surface area contributed by atoms with E-state index in [2.05, 4.69) is 53.5 Å². The molecule has 0 N–H and O–H groups in total. The SMILES string of the molecule is C=C.C=Cc1ccccc1.CCOC(=O)C1C[C@@H]1c1ccccc1.CCOC(=O)C1C[C@H]1c1ccccc1.CCOC(=O)C=[N+]=[N-].N#N. The molecule has 0 aliphatic heterocycles. The minimum Gasteiger partial charge on any atom is -0.466 e. The largest absolute Gasteiger partial charge is 0.466 e. The Bertz CT molecular complexity index is 1340. The lowest BCUT2D eigenvalue weighted by Gasteiger charge is -2.00. The summed E-state index contributed by atoms with van der Waals surface area (Å²) in [4.78, 5) is 35.3. The highest BCUT2D eigenvalue weighted by Crippen LogP contribution is 2.48. The van der Waals surface area contributed by atoms with Crippen LogP contribution in [-0.4, -0.2) is 48.7 Å². The molecule has 0 amide bonds. The second-order valence-corrected chi connectivity index (χ2v) is 9.83. The molecule has 5 rings (SSSR count). The van der Waals surface area contributed by atoms with E-state index in [1.165, 1.54) is 16.7 Å². The monoisotopic (exact) mass is 654 g/mol. The number of carbonyl (C=O) groups excluding carboxylic acids is 3. The van der Waals surface area contributed by atoms with Crippen LogP contribution in [0.2, 0.25) is 0 Å². The van der Waals surface area contributed by atoms with Gasteiger partial charge in [-0.15, -0.1) is 13.2 Å². The summed E-state index contributed by atoms with van der Waals surface area (Å²) in [5.74, 6) is 0.304. The fourth-order valence-corrected chi connectivity index (χ4v) is 4.36. The summed E-state index contributed by atoms with van der Waals surface area (Å²) in [7, 11) is 0. The van der Waals surface area contributed by atoms with Gasteiger partial charge < -0.3 is 19.7 Å². The molecule has 2 fully saturated rings.